The molecule has 0 fully saturated rings. The molecule has 1 heterocycles. The minimum Gasteiger partial charge on any atom is -0.324 e. The molecule has 5 heteroatoms. The summed E-state index contributed by atoms with van der Waals surface area (Å²) < 4.78 is 1.40. The molecule has 0 amide bonds. The van der Waals surface area contributed by atoms with E-state index >= 15 is 0 Å². The van der Waals surface area contributed by atoms with Crippen LogP contribution in [0, 0.1) is 0 Å². The van der Waals surface area contributed by atoms with E-state index in [2.05, 4.69) is 10.1 Å². The Balaban J connectivity index is 2.93. The van der Waals surface area contributed by atoms with Gasteiger partial charge < -0.3 is 5.73 Å². The molecule has 5 nitrogen and oxygen atoms in total. The third-order valence-electron chi connectivity index (χ3n) is 1.15. The quantitative estimate of drug-likeness (QED) is 0.532. The van der Waals surface area contributed by atoms with Gasteiger partial charge in [0.15, 0.2) is 5.82 Å². The second kappa shape index (κ2) is 2.57. The van der Waals surface area contributed by atoms with Gasteiger partial charge in [-0.05, 0) is 0 Å². The maximum Gasteiger partial charge on any atom is 0.213 e. The number of aromatic nitrogens is 3. The van der Waals surface area contributed by atoms with E-state index in [1.54, 1.807) is 7.05 Å². The van der Waals surface area contributed by atoms with Crippen LogP contribution in [0.15, 0.2) is 6.33 Å². The Hall–Kier alpha value is -1.23. The van der Waals surface area contributed by atoms with Crippen molar-refractivity contribution in [3.05, 3.63) is 12.2 Å². The molecule has 0 aliphatic carbocycles. The second-order valence-corrected chi connectivity index (χ2v) is 1.83. The summed E-state index contributed by atoms with van der Waals surface area (Å²) in [7, 11) is 1.65. The maximum atomic E-state index is 10.8. The summed E-state index contributed by atoms with van der Waals surface area (Å²) in [6.45, 7) is -0.0213. The van der Waals surface area contributed by atoms with Crippen molar-refractivity contribution < 1.29 is 4.79 Å². The Bertz CT molecular complexity index is 242. The number of hydrogen-bond donors (Lipinski definition) is 1. The summed E-state index contributed by atoms with van der Waals surface area (Å²) in [5.74, 6) is 0.113. The fraction of sp³-hybridized carbons (Fsp3) is 0.400. The summed E-state index contributed by atoms with van der Waals surface area (Å²) in [4.78, 5) is 14.6. The molecule has 0 saturated carbocycles. The highest BCUT2D eigenvalue weighted by Gasteiger charge is 2.07. The molecule has 0 aliphatic rings. The fourth-order valence-corrected chi connectivity index (χ4v) is 0.640. The number of carbonyl (C=O) groups excluding carboxylic acids is 1. The molecule has 0 saturated heterocycles. The van der Waals surface area contributed by atoms with Gasteiger partial charge in [0, 0.05) is 7.05 Å². The Kier molecular flexibility index (Phi) is 1.77. The van der Waals surface area contributed by atoms with Gasteiger partial charge in [0.25, 0.3) is 0 Å². The molecule has 0 atom stereocenters. The van der Waals surface area contributed by atoms with E-state index in [0.29, 0.717) is 5.82 Å². The molecule has 0 spiro atoms. The van der Waals surface area contributed by atoms with Crippen molar-refractivity contribution in [2.45, 2.75) is 0 Å². The summed E-state index contributed by atoms with van der Waals surface area (Å²) in [6.07, 6.45) is 1.32. The van der Waals surface area contributed by atoms with Crippen LogP contribution in [0.2, 0.25) is 0 Å². The lowest BCUT2D eigenvalue weighted by Gasteiger charge is -1.93. The average molecular weight is 140 g/mol. The van der Waals surface area contributed by atoms with Crippen molar-refractivity contribution in [3.8, 4) is 0 Å². The molecule has 0 aliphatic heterocycles. The summed E-state index contributed by atoms with van der Waals surface area (Å²) >= 11 is 0. The molecule has 1 aromatic rings. The summed E-state index contributed by atoms with van der Waals surface area (Å²) in [5.41, 5.74) is 5.10. The van der Waals surface area contributed by atoms with Crippen LogP contribution in [0.5, 0.6) is 0 Å². The van der Waals surface area contributed by atoms with Gasteiger partial charge in [0.1, 0.15) is 6.33 Å². The zero-order valence-electron chi connectivity index (χ0n) is 5.61. The standard InChI is InChI=1S/C5H8N4O/c1-9-5(4(10)2-6)7-3-8-9/h3H,2,6H2,1H3. The van der Waals surface area contributed by atoms with Gasteiger partial charge >= 0.3 is 0 Å². The van der Waals surface area contributed by atoms with E-state index in [9.17, 15) is 4.79 Å². The van der Waals surface area contributed by atoms with Gasteiger partial charge in [-0.3, -0.25) is 4.79 Å². The van der Waals surface area contributed by atoms with E-state index in [1.807, 2.05) is 0 Å². The van der Waals surface area contributed by atoms with E-state index in [-0.39, 0.29) is 12.3 Å². The van der Waals surface area contributed by atoms with E-state index < -0.39 is 0 Å². The Morgan fingerprint density at radius 2 is 2.60 bits per heavy atom. The first kappa shape index (κ1) is 6.88. The van der Waals surface area contributed by atoms with Gasteiger partial charge in [-0.15, -0.1) is 0 Å². The molecule has 0 radical (unpaired) electrons. The molecule has 0 bridgehead atoms. The lowest BCUT2D eigenvalue weighted by molar-refractivity contribution is 0.0987. The molecule has 1 rings (SSSR count). The normalized spacial score (nSPS) is 9.80. The van der Waals surface area contributed by atoms with E-state index in [0.717, 1.165) is 0 Å². The topological polar surface area (TPSA) is 73.8 Å². The highest BCUT2D eigenvalue weighted by Crippen LogP contribution is 1.89. The molecule has 2 N–H and O–H groups in total. The van der Waals surface area contributed by atoms with Gasteiger partial charge in [-0.25, -0.2) is 9.67 Å². The monoisotopic (exact) mass is 140 g/mol. The number of hydrogen-bond acceptors (Lipinski definition) is 4. The third kappa shape index (κ3) is 1.03. The van der Waals surface area contributed by atoms with Crippen LogP contribution in [0.25, 0.3) is 0 Å². The lowest BCUT2D eigenvalue weighted by Crippen LogP contribution is -2.18. The number of rotatable bonds is 2. The first-order valence-electron chi connectivity index (χ1n) is 2.83. The molecule has 0 unspecified atom stereocenters. The largest absolute Gasteiger partial charge is 0.324 e. The minimum atomic E-state index is -0.194. The van der Waals surface area contributed by atoms with Crippen LogP contribution in [-0.2, 0) is 7.05 Å². The Morgan fingerprint density at radius 3 is 3.00 bits per heavy atom. The highest BCUT2D eigenvalue weighted by atomic mass is 16.1. The number of ketones is 1. The molecule has 0 aromatic carbocycles. The van der Waals surface area contributed by atoms with Crippen molar-refractivity contribution >= 4 is 5.78 Å². The SMILES string of the molecule is Cn1ncnc1C(=O)CN. The first-order chi connectivity index (χ1) is 4.75. The Labute approximate surface area is 57.9 Å². The summed E-state index contributed by atoms with van der Waals surface area (Å²) in [6, 6.07) is 0. The lowest BCUT2D eigenvalue weighted by atomic mass is 10.4. The molecule has 10 heavy (non-hydrogen) atoms. The van der Waals surface area contributed by atoms with Crippen LogP contribution in [-0.4, -0.2) is 27.1 Å². The second-order valence-electron chi connectivity index (χ2n) is 1.83. The van der Waals surface area contributed by atoms with Crippen LogP contribution >= 0.6 is 0 Å². The zero-order chi connectivity index (χ0) is 7.56. The number of Topliss-reactive ketones (excluding diaryl/α,β-unsaturated/α-hetero) is 1. The molecular weight excluding hydrogens is 132 g/mol. The molecule has 1 aromatic heterocycles. The van der Waals surface area contributed by atoms with Gasteiger partial charge in [-0.2, -0.15) is 5.10 Å². The van der Waals surface area contributed by atoms with Gasteiger partial charge in [0.05, 0.1) is 6.54 Å². The van der Waals surface area contributed by atoms with Crippen molar-refractivity contribution in [2.24, 2.45) is 12.8 Å². The minimum absolute atomic E-state index is 0.0213. The Morgan fingerprint density at radius 1 is 1.90 bits per heavy atom. The predicted molar refractivity (Wildman–Crippen MR) is 34.4 cm³/mol. The average Bonchev–Trinajstić information content (AvgIpc) is 2.34. The molecular formula is C5H8N4O. The molecule has 54 valence electrons. The number of carbonyl (C=O) groups is 1. The number of nitrogens with zero attached hydrogens (tertiary/aromatic N) is 3. The van der Waals surface area contributed by atoms with E-state index in [4.69, 9.17) is 5.73 Å². The van der Waals surface area contributed by atoms with Crippen molar-refractivity contribution in [1.29, 1.82) is 0 Å². The first-order valence-corrected chi connectivity index (χ1v) is 2.83. The van der Waals surface area contributed by atoms with Gasteiger partial charge in [-0.1, -0.05) is 0 Å². The third-order valence-corrected chi connectivity index (χ3v) is 1.15. The van der Waals surface area contributed by atoms with E-state index in [1.165, 1.54) is 11.0 Å². The van der Waals surface area contributed by atoms with Crippen LogP contribution < -0.4 is 5.73 Å². The maximum absolute atomic E-state index is 10.8. The van der Waals surface area contributed by atoms with Gasteiger partial charge in [0.2, 0.25) is 5.78 Å². The van der Waals surface area contributed by atoms with Crippen LogP contribution in [0.1, 0.15) is 10.6 Å². The van der Waals surface area contributed by atoms with Crippen LogP contribution in [0.3, 0.4) is 0 Å². The number of nitrogens with two attached hydrogens (primary N) is 1. The number of aryl methyl sites for hydroxylation is 1. The highest BCUT2D eigenvalue weighted by molar-refractivity contribution is 5.94. The van der Waals surface area contributed by atoms with Crippen molar-refractivity contribution in [2.75, 3.05) is 6.54 Å². The zero-order valence-corrected chi connectivity index (χ0v) is 5.61. The fourth-order valence-electron chi connectivity index (χ4n) is 0.640. The summed E-state index contributed by atoms with van der Waals surface area (Å²) in [5, 5.41) is 3.71. The van der Waals surface area contributed by atoms with Crippen LogP contribution in [0.4, 0.5) is 0 Å². The van der Waals surface area contributed by atoms with Crippen molar-refractivity contribution in [3.63, 3.8) is 0 Å². The van der Waals surface area contributed by atoms with Crippen molar-refractivity contribution in [1.82, 2.24) is 14.8 Å². The smallest absolute Gasteiger partial charge is 0.213 e. The predicted octanol–water partition coefficient (Wildman–Crippen LogP) is -1.04.